The van der Waals surface area contributed by atoms with Gasteiger partial charge in [-0.1, -0.05) is 13.0 Å². The van der Waals surface area contributed by atoms with Crippen LogP contribution in [0, 0.1) is 5.92 Å². The summed E-state index contributed by atoms with van der Waals surface area (Å²) in [5.41, 5.74) is 0.969. The van der Waals surface area contributed by atoms with Crippen LogP contribution in [-0.2, 0) is 4.79 Å². The van der Waals surface area contributed by atoms with Crippen molar-refractivity contribution < 1.29 is 9.21 Å². The van der Waals surface area contributed by atoms with E-state index in [0.717, 1.165) is 29.4 Å². The van der Waals surface area contributed by atoms with Gasteiger partial charge in [0.1, 0.15) is 11.8 Å². The molecule has 1 saturated heterocycles. The first-order valence-electron chi connectivity index (χ1n) is 8.90. The van der Waals surface area contributed by atoms with Gasteiger partial charge in [-0.25, -0.2) is 5.01 Å². The summed E-state index contributed by atoms with van der Waals surface area (Å²) in [6, 6.07) is 7.74. The molecule has 5 nitrogen and oxygen atoms in total. The van der Waals surface area contributed by atoms with Gasteiger partial charge in [0.25, 0.3) is 5.91 Å². The van der Waals surface area contributed by atoms with Crippen LogP contribution in [0.4, 0.5) is 0 Å². The zero-order valence-electron chi connectivity index (χ0n) is 14.4. The topological polar surface area (TPSA) is 49.1 Å². The summed E-state index contributed by atoms with van der Waals surface area (Å²) in [7, 11) is 0. The minimum absolute atomic E-state index is 0.0575. The minimum atomic E-state index is -0.137. The molecule has 0 spiro atoms. The number of likely N-dealkylation sites (tertiary alicyclic amines) is 1. The predicted octanol–water partition coefficient (Wildman–Crippen LogP) is 3.75. The largest absolute Gasteiger partial charge is 0.467 e. The third-order valence-electron chi connectivity index (χ3n) is 4.94. The summed E-state index contributed by atoms with van der Waals surface area (Å²) < 4.78 is 5.59. The Kier molecular flexibility index (Phi) is 4.72. The lowest BCUT2D eigenvalue weighted by Gasteiger charge is -2.31. The molecule has 0 bridgehead atoms. The van der Waals surface area contributed by atoms with Crippen molar-refractivity contribution >= 4 is 23.0 Å². The third-order valence-corrected chi connectivity index (χ3v) is 5.86. The third kappa shape index (κ3) is 3.55. The van der Waals surface area contributed by atoms with Gasteiger partial charge in [-0.05, 0) is 48.9 Å². The fourth-order valence-electron chi connectivity index (χ4n) is 3.73. The summed E-state index contributed by atoms with van der Waals surface area (Å²) in [5, 5.41) is 8.36. The first-order chi connectivity index (χ1) is 12.2. The number of furan rings is 1. The van der Waals surface area contributed by atoms with Crippen molar-refractivity contribution in [2.24, 2.45) is 11.0 Å². The number of hydrazone groups is 1. The molecular weight excluding hydrogens is 334 g/mol. The van der Waals surface area contributed by atoms with Gasteiger partial charge < -0.3 is 4.42 Å². The van der Waals surface area contributed by atoms with Crippen LogP contribution < -0.4 is 0 Å². The zero-order valence-corrected chi connectivity index (χ0v) is 15.2. The molecule has 0 N–H and O–H groups in total. The molecule has 1 fully saturated rings. The normalized spacial score (nSPS) is 24.5. The van der Waals surface area contributed by atoms with E-state index in [1.807, 2.05) is 23.6 Å². The second-order valence-corrected chi connectivity index (χ2v) is 7.93. The van der Waals surface area contributed by atoms with E-state index in [1.165, 1.54) is 12.8 Å². The molecule has 2 atom stereocenters. The highest BCUT2D eigenvalue weighted by Gasteiger charge is 2.35. The van der Waals surface area contributed by atoms with Crippen LogP contribution in [-0.4, -0.2) is 41.2 Å². The second-order valence-electron chi connectivity index (χ2n) is 6.98. The Morgan fingerprint density at radius 1 is 1.40 bits per heavy atom. The van der Waals surface area contributed by atoms with Gasteiger partial charge in [0.15, 0.2) is 0 Å². The molecule has 2 aliphatic rings. The van der Waals surface area contributed by atoms with Crippen molar-refractivity contribution in [3.05, 3.63) is 46.5 Å². The maximum absolute atomic E-state index is 13.0. The molecule has 4 heterocycles. The molecular formula is C19H23N3O2S. The maximum Gasteiger partial charge on any atom is 0.257 e. The molecule has 1 amide bonds. The standard InChI is InChI=1S/C19H23N3O2S/c1-14-5-2-8-21(12-14)13-19(23)22-16(17-6-3-9-24-17)11-15(20-22)18-7-4-10-25-18/h3-4,6-7,9-10,14,16H,2,5,8,11-13H2,1H3. The van der Waals surface area contributed by atoms with Crippen molar-refractivity contribution in [2.45, 2.75) is 32.2 Å². The summed E-state index contributed by atoms with van der Waals surface area (Å²) >= 11 is 1.66. The number of rotatable bonds is 4. The first-order valence-corrected chi connectivity index (χ1v) is 9.78. The zero-order chi connectivity index (χ0) is 17.2. The van der Waals surface area contributed by atoms with Crippen LogP contribution in [0.5, 0.6) is 0 Å². The number of nitrogens with zero attached hydrogens (tertiary/aromatic N) is 3. The van der Waals surface area contributed by atoms with E-state index >= 15 is 0 Å². The number of hydrogen-bond acceptors (Lipinski definition) is 5. The molecule has 132 valence electrons. The number of piperidine rings is 1. The van der Waals surface area contributed by atoms with Gasteiger partial charge in [0, 0.05) is 13.0 Å². The predicted molar refractivity (Wildman–Crippen MR) is 98.6 cm³/mol. The summed E-state index contributed by atoms with van der Waals surface area (Å²) in [6.45, 7) is 4.68. The lowest BCUT2D eigenvalue weighted by molar-refractivity contribution is -0.135. The molecule has 2 aromatic rings. The van der Waals surface area contributed by atoms with Crippen molar-refractivity contribution in [1.82, 2.24) is 9.91 Å². The Hall–Kier alpha value is -1.92. The number of carbonyl (C=O) groups is 1. The Labute approximate surface area is 151 Å². The molecule has 6 heteroatoms. The van der Waals surface area contributed by atoms with Crippen LogP contribution in [0.15, 0.2) is 45.4 Å². The van der Waals surface area contributed by atoms with Crippen LogP contribution in [0.2, 0.25) is 0 Å². The lowest BCUT2D eigenvalue weighted by Crippen LogP contribution is -2.42. The Morgan fingerprint density at radius 2 is 2.32 bits per heavy atom. The quantitative estimate of drug-likeness (QED) is 0.837. The second kappa shape index (κ2) is 7.14. The van der Waals surface area contributed by atoms with E-state index in [2.05, 4.69) is 23.0 Å². The summed E-state index contributed by atoms with van der Waals surface area (Å²) in [6.07, 6.45) is 4.79. The van der Waals surface area contributed by atoms with E-state index in [0.29, 0.717) is 18.9 Å². The summed E-state index contributed by atoms with van der Waals surface area (Å²) in [4.78, 5) is 16.4. The van der Waals surface area contributed by atoms with Crippen LogP contribution >= 0.6 is 11.3 Å². The van der Waals surface area contributed by atoms with Gasteiger partial charge in [0.2, 0.25) is 0 Å². The van der Waals surface area contributed by atoms with E-state index in [-0.39, 0.29) is 11.9 Å². The molecule has 2 unspecified atom stereocenters. The van der Waals surface area contributed by atoms with Crippen molar-refractivity contribution in [3.8, 4) is 0 Å². The van der Waals surface area contributed by atoms with E-state index < -0.39 is 0 Å². The van der Waals surface area contributed by atoms with Gasteiger partial charge >= 0.3 is 0 Å². The highest BCUT2D eigenvalue weighted by atomic mass is 32.1. The number of hydrogen-bond donors (Lipinski definition) is 0. The Morgan fingerprint density at radius 3 is 3.04 bits per heavy atom. The average molecular weight is 357 g/mol. The van der Waals surface area contributed by atoms with Crippen molar-refractivity contribution in [2.75, 3.05) is 19.6 Å². The molecule has 0 aromatic carbocycles. The van der Waals surface area contributed by atoms with Crippen LogP contribution in [0.25, 0.3) is 0 Å². The van der Waals surface area contributed by atoms with Crippen molar-refractivity contribution in [3.63, 3.8) is 0 Å². The van der Waals surface area contributed by atoms with E-state index in [1.54, 1.807) is 22.6 Å². The SMILES string of the molecule is CC1CCCN(CC(=O)N2N=C(c3cccs3)CC2c2ccco2)C1. The van der Waals surface area contributed by atoms with Crippen molar-refractivity contribution in [1.29, 1.82) is 0 Å². The minimum Gasteiger partial charge on any atom is -0.467 e. The number of thiophene rings is 1. The van der Waals surface area contributed by atoms with Crippen LogP contribution in [0.1, 0.15) is 42.9 Å². The molecule has 0 radical (unpaired) electrons. The molecule has 25 heavy (non-hydrogen) atoms. The molecule has 2 aliphatic heterocycles. The van der Waals surface area contributed by atoms with Crippen LogP contribution in [0.3, 0.4) is 0 Å². The van der Waals surface area contributed by atoms with Gasteiger partial charge in [-0.2, -0.15) is 5.10 Å². The smallest absolute Gasteiger partial charge is 0.257 e. The fraction of sp³-hybridized carbons (Fsp3) is 0.474. The molecule has 0 aliphatic carbocycles. The molecule has 2 aromatic heterocycles. The number of carbonyl (C=O) groups excluding carboxylic acids is 1. The monoisotopic (exact) mass is 357 g/mol. The average Bonchev–Trinajstić information content (AvgIpc) is 3.34. The van der Waals surface area contributed by atoms with E-state index in [9.17, 15) is 4.79 Å². The summed E-state index contributed by atoms with van der Waals surface area (Å²) in [5.74, 6) is 1.52. The van der Waals surface area contributed by atoms with Gasteiger partial charge in [-0.3, -0.25) is 9.69 Å². The maximum atomic E-state index is 13.0. The lowest BCUT2D eigenvalue weighted by atomic mass is 10.0. The Bertz CT molecular complexity index is 739. The molecule has 4 rings (SSSR count). The first kappa shape index (κ1) is 16.5. The van der Waals surface area contributed by atoms with Gasteiger partial charge in [0.05, 0.1) is 23.4 Å². The highest BCUT2D eigenvalue weighted by Crippen LogP contribution is 2.34. The Balaban J connectivity index is 1.54. The number of amides is 1. The highest BCUT2D eigenvalue weighted by molar-refractivity contribution is 7.12. The van der Waals surface area contributed by atoms with E-state index in [4.69, 9.17) is 4.42 Å². The fourth-order valence-corrected chi connectivity index (χ4v) is 4.45. The van der Waals surface area contributed by atoms with Gasteiger partial charge in [-0.15, -0.1) is 11.3 Å². The molecule has 0 saturated carbocycles.